The van der Waals surface area contributed by atoms with Gasteiger partial charge in [-0.3, -0.25) is 4.90 Å². The lowest BCUT2D eigenvalue weighted by atomic mass is 10.2. The predicted molar refractivity (Wildman–Crippen MR) is 84.2 cm³/mol. The van der Waals surface area contributed by atoms with Gasteiger partial charge in [0.25, 0.3) is 0 Å². The minimum absolute atomic E-state index is 0.602. The fourth-order valence-corrected chi connectivity index (χ4v) is 2.92. The molecule has 0 saturated heterocycles. The Morgan fingerprint density at radius 1 is 1.24 bits per heavy atom. The van der Waals surface area contributed by atoms with Gasteiger partial charge in [-0.05, 0) is 36.2 Å². The standard InChI is InChI=1S/C15H14ClN3OS/c1-19(9-11-4-2-5-12(16)8-11)10-14-17-15(18-20-14)13-6-3-7-21-13/h2-8H,9-10H2,1H3. The van der Waals surface area contributed by atoms with E-state index in [0.717, 1.165) is 22.0 Å². The van der Waals surface area contributed by atoms with E-state index in [0.29, 0.717) is 18.3 Å². The van der Waals surface area contributed by atoms with Crippen molar-refractivity contribution in [2.45, 2.75) is 13.1 Å². The van der Waals surface area contributed by atoms with Crippen molar-refractivity contribution >= 4 is 22.9 Å². The van der Waals surface area contributed by atoms with Crippen LogP contribution in [0.3, 0.4) is 0 Å². The first-order chi connectivity index (χ1) is 10.2. The van der Waals surface area contributed by atoms with Crippen molar-refractivity contribution in [3.63, 3.8) is 0 Å². The predicted octanol–water partition coefficient (Wildman–Crippen LogP) is 4.08. The molecule has 0 unspecified atom stereocenters. The normalized spacial score (nSPS) is 11.2. The summed E-state index contributed by atoms with van der Waals surface area (Å²) < 4.78 is 5.30. The number of hydrogen-bond acceptors (Lipinski definition) is 5. The lowest BCUT2D eigenvalue weighted by Gasteiger charge is -2.14. The van der Waals surface area contributed by atoms with E-state index in [4.69, 9.17) is 16.1 Å². The smallest absolute Gasteiger partial charge is 0.241 e. The van der Waals surface area contributed by atoms with E-state index in [1.165, 1.54) is 0 Å². The van der Waals surface area contributed by atoms with Gasteiger partial charge in [-0.15, -0.1) is 11.3 Å². The fraction of sp³-hybridized carbons (Fsp3) is 0.200. The van der Waals surface area contributed by atoms with Crippen LogP contribution in [0, 0.1) is 0 Å². The molecule has 4 nitrogen and oxygen atoms in total. The minimum Gasteiger partial charge on any atom is -0.338 e. The third-order valence-electron chi connectivity index (χ3n) is 2.96. The number of hydrogen-bond donors (Lipinski definition) is 0. The molecule has 0 aliphatic heterocycles. The van der Waals surface area contributed by atoms with Gasteiger partial charge in [0.05, 0.1) is 11.4 Å². The highest BCUT2D eigenvalue weighted by Crippen LogP contribution is 2.21. The Labute approximate surface area is 132 Å². The van der Waals surface area contributed by atoms with Crippen molar-refractivity contribution in [2.24, 2.45) is 0 Å². The summed E-state index contributed by atoms with van der Waals surface area (Å²) in [5.74, 6) is 1.26. The van der Waals surface area contributed by atoms with E-state index in [1.54, 1.807) is 11.3 Å². The Morgan fingerprint density at radius 3 is 2.90 bits per heavy atom. The highest BCUT2D eigenvalue weighted by atomic mass is 35.5. The molecule has 0 radical (unpaired) electrons. The molecule has 0 saturated carbocycles. The Bertz CT molecular complexity index is 711. The molecule has 0 spiro atoms. The van der Waals surface area contributed by atoms with E-state index in [-0.39, 0.29) is 0 Å². The van der Waals surface area contributed by atoms with Crippen molar-refractivity contribution in [3.05, 3.63) is 58.3 Å². The first kappa shape index (κ1) is 14.3. The zero-order chi connectivity index (χ0) is 14.7. The van der Waals surface area contributed by atoms with Crippen molar-refractivity contribution in [2.75, 3.05) is 7.05 Å². The number of benzene rings is 1. The number of rotatable bonds is 5. The van der Waals surface area contributed by atoms with Crippen molar-refractivity contribution < 1.29 is 4.52 Å². The monoisotopic (exact) mass is 319 g/mol. The van der Waals surface area contributed by atoms with Crippen molar-refractivity contribution in [1.29, 1.82) is 0 Å². The summed E-state index contributed by atoms with van der Waals surface area (Å²) in [7, 11) is 2.01. The van der Waals surface area contributed by atoms with E-state index in [1.807, 2.05) is 48.8 Å². The molecular formula is C15H14ClN3OS. The second-order valence-electron chi connectivity index (χ2n) is 4.79. The zero-order valence-corrected chi connectivity index (χ0v) is 13.1. The molecule has 0 atom stereocenters. The lowest BCUT2D eigenvalue weighted by molar-refractivity contribution is 0.261. The quantitative estimate of drug-likeness (QED) is 0.710. The fourth-order valence-electron chi connectivity index (χ4n) is 2.06. The number of aromatic nitrogens is 2. The third kappa shape index (κ3) is 3.69. The molecule has 0 N–H and O–H groups in total. The minimum atomic E-state index is 0.602. The average Bonchev–Trinajstić information content (AvgIpc) is 3.08. The summed E-state index contributed by atoms with van der Waals surface area (Å²) >= 11 is 7.59. The molecule has 0 aliphatic rings. The summed E-state index contributed by atoms with van der Waals surface area (Å²) in [5, 5.41) is 6.75. The van der Waals surface area contributed by atoms with Crippen LogP contribution in [-0.2, 0) is 13.1 Å². The van der Waals surface area contributed by atoms with Gasteiger partial charge in [-0.1, -0.05) is 35.0 Å². The SMILES string of the molecule is CN(Cc1cccc(Cl)c1)Cc1nc(-c2cccs2)no1. The van der Waals surface area contributed by atoms with Gasteiger partial charge in [0.1, 0.15) is 0 Å². The number of thiophene rings is 1. The van der Waals surface area contributed by atoms with Gasteiger partial charge in [0.2, 0.25) is 11.7 Å². The summed E-state index contributed by atoms with van der Waals surface area (Å²) in [6, 6.07) is 11.8. The summed E-state index contributed by atoms with van der Waals surface area (Å²) in [5.41, 5.74) is 1.16. The highest BCUT2D eigenvalue weighted by molar-refractivity contribution is 7.13. The van der Waals surface area contributed by atoms with Crippen LogP contribution in [0.1, 0.15) is 11.5 Å². The second-order valence-corrected chi connectivity index (χ2v) is 6.18. The molecule has 0 amide bonds. The molecule has 0 bridgehead atoms. The average molecular weight is 320 g/mol. The zero-order valence-electron chi connectivity index (χ0n) is 11.5. The van der Waals surface area contributed by atoms with Crippen LogP contribution in [0.5, 0.6) is 0 Å². The summed E-state index contributed by atoms with van der Waals surface area (Å²) in [6.45, 7) is 1.38. The summed E-state index contributed by atoms with van der Waals surface area (Å²) in [6.07, 6.45) is 0. The van der Waals surface area contributed by atoms with Gasteiger partial charge in [0.15, 0.2) is 0 Å². The van der Waals surface area contributed by atoms with Crippen LogP contribution in [0.15, 0.2) is 46.3 Å². The molecular weight excluding hydrogens is 306 g/mol. The van der Waals surface area contributed by atoms with Gasteiger partial charge in [-0.25, -0.2) is 0 Å². The molecule has 108 valence electrons. The maximum absolute atomic E-state index is 5.99. The van der Waals surface area contributed by atoms with E-state index in [2.05, 4.69) is 15.0 Å². The number of halogens is 1. The van der Waals surface area contributed by atoms with Gasteiger partial charge in [0, 0.05) is 11.6 Å². The lowest BCUT2D eigenvalue weighted by Crippen LogP contribution is -2.17. The van der Waals surface area contributed by atoms with Gasteiger partial charge >= 0.3 is 0 Å². The largest absolute Gasteiger partial charge is 0.338 e. The molecule has 3 aromatic rings. The van der Waals surface area contributed by atoms with Crippen LogP contribution in [0.25, 0.3) is 10.7 Å². The van der Waals surface area contributed by atoms with E-state index in [9.17, 15) is 0 Å². The molecule has 21 heavy (non-hydrogen) atoms. The molecule has 2 aromatic heterocycles. The third-order valence-corrected chi connectivity index (χ3v) is 4.06. The van der Waals surface area contributed by atoms with Gasteiger partial charge in [-0.2, -0.15) is 4.98 Å². The number of nitrogens with zero attached hydrogens (tertiary/aromatic N) is 3. The summed E-state index contributed by atoms with van der Waals surface area (Å²) in [4.78, 5) is 7.54. The molecule has 0 fully saturated rings. The topological polar surface area (TPSA) is 42.2 Å². The van der Waals surface area contributed by atoms with Gasteiger partial charge < -0.3 is 4.52 Å². The second kappa shape index (κ2) is 6.39. The Kier molecular flexibility index (Phi) is 4.34. The van der Waals surface area contributed by atoms with Crippen molar-refractivity contribution in [1.82, 2.24) is 15.0 Å². The maximum atomic E-state index is 5.99. The Balaban J connectivity index is 1.64. The molecule has 3 rings (SSSR count). The van der Waals surface area contributed by atoms with Crippen LogP contribution in [-0.4, -0.2) is 22.1 Å². The van der Waals surface area contributed by atoms with E-state index < -0.39 is 0 Å². The Hall–Kier alpha value is -1.69. The maximum Gasteiger partial charge on any atom is 0.241 e. The molecule has 2 heterocycles. The first-order valence-electron chi connectivity index (χ1n) is 6.50. The first-order valence-corrected chi connectivity index (χ1v) is 7.76. The van der Waals surface area contributed by atoms with Crippen LogP contribution in [0.4, 0.5) is 0 Å². The molecule has 0 aliphatic carbocycles. The molecule has 1 aromatic carbocycles. The van der Waals surface area contributed by atoms with Crippen LogP contribution in [0.2, 0.25) is 5.02 Å². The van der Waals surface area contributed by atoms with Crippen LogP contribution < -0.4 is 0 Å². The van der Waals surface area contributed by atoms with Crippen LogP contribution >= 0.6 is 22.9 Å². The Morgan fingerprint density at radius 2 is 2.14 bits per heavy atom. The van der Waals surface area contributed by atoms with E-state index >= 15 is 0 Å². The highest BCUT2D eigenvalue weighted by Gasteiger charge is 2.11. The van der Waals surface area contributed by atoms with Crippen molar-refractivity contribution in [3.8, 4) is 10.7 Å². The molecule has 6 heteroatoms.